The lowest BCUT2D eigenvalue weighted by Gasteiger charge is -2.35. The molecule has 0 radical (unpaired) electrons. The van der Waals surface area contributed by atoms with Gasteiger partial charge in [0.25, 0.3) is 0 Å². The van der Waals surface area contributed by atoms with Crippen molar-refractivity contribution in [2.75, 3.05) is 52.9 Å². The van der Waals surface area contributed by atoms with Gasteiger partial charge in [0.15, 0.2) is 0 Å². The Bertz CT molecular complexity index is 759. The molecular weight excluding hydrogens is 378 g/mol. The Morgan fingerprint density at radius 2 is 1.67 bits per heavy atom. The number of carbonyl (C=O) groups excluding carboxylic acids is 1. The summed E-state index contributed by atoms with van der Waals surface area (Å²) in [5, 5.41) is 13.4. The molecule has 1 saturated heterocycles. The number of rotatable bonds is 10. The van der Waals surface area contributed by atoms with Gasteiger partial charge in [0.2, 0.25) is 5.91 Å². The van der Waals surface area contributed by atoms with Gasteiger partial charge in [-0.3, -0.25) is 14.6 Å². The molecule has 2 aromatic carbocycles. The van der Waals surface area contributed by atoms with E-state index in [9.17, 15) is 9.90 Å². The highest BCUT2D eigenvalue weighted by Crippen LogP contribution is 2.13. The van der Waals surface area contributed by atoms with Gasteiger partial charge in [0, 0.05) is 39.3 Å². The number of hydrogen-bond donors (Lipinski definition) is 2. The summed E-state index contributed by atoms with van der Waals surface area (Å²) in [5.41, 5.74) is 2.34. The second-order valence-corrected chi connectivity index (χ2v) is 7.87. The van der Waals surface area contributed by atoms with Crippen LogP contribution in [-0.2, 0) is 17.6 Å². The first-order valence-corrected chi connectivity index (χ1v) is 10.7. The average molecular weight is 412 g/mol. The Balaban J connectivity index is 1.30. The summed E-state index contributed by atoms with van der Waals surface area (Å²) >= 11 is 0. The molecule has 30 heavy (non-hydrogen) atoms. The maximum Gasteiger partial charge on any atom is 0.234 e. The molecule has 3 rings (SSSR count). The van der Waals surface area contributed by atoms with Gasteiger partial charge in [-0.25, -0.2) is 0 Å². The maximum absolute atomic E-state index is 12.2. The molecule has 162 valence electrons. The monoisotopic (exact) mass is 411 g/mol. The topological polar surface area (TPSA) is 65.0 Å². The number of benzene rings is 2. The fraction of sp³-hybridized carbons (Fsp3) is 0.458. The number of aliphatic hydroxyl groups excluding tert-OH is 1. The standard InChI is InChI=1S/C24H33N3O3/c1-30-23-9-7-21(8-10-23)17-22(28)18-26-13-15-27(16-14-26)19-24(29)25-12-11-20-5-3-2-4-6-20/h2-10,22,28H,11-19H2,1H3,(H,25,29). The molecule has 1 aliphatic rings. The SMILES string of the molecule is COc1ccc(CC(O)CN2CCN(CC(=O)NCCc3ccccc3)CC2)cc1. The van der Waals surface area contributed by atoms with Gasteiger partial charge in [0.1, 0.15) is 5.75 Å². The van der Waals surface area contributed by atoms with E-state index in [-0.39, 0.29) is 5.91 Å². The first kappa shape index (κ1) is 22.3. The Hall–Kier alpha value is -2.41. The van der Waals surface area contributed by atoms with E-state index in [1.807, 2.05) is 42.5 Å². The average Bonchev–Trinajstić information content (AvgIpc) is 2.76. The van der Waals surface area contributed by atoms with Crippen LogP contribution in [0.3, 0.4) is 0 Å². The summed E-state index contributed by atoms with van der Waals surface area (Å²) in [6.45, 7) is 5.21. The lowest BCUT2D eigenvalue weighted by Crippen LogP contribution is -2.51. The molecule has 0 aromatic heterocycles. The molecule has 1 heterocycles. The largest absolute Gasteiger partial charge is 0.497 e. The molecule has 1 atom stereocenters. The predicted molar refractivity (Wildman–Crippen MR) is 119 cm³/mol. The van der Waals surface area contributed by atoms with Gasteiger partial charge in [-0.2, -0.15) is 0 Å². The van der Waals surface area contributed by atoms with Crippen molar-refractivity contribution in [1.82, 2.24) is 15.1 Å². The van der Waals surface area contributed by atoms with Crippen molar-refractivity contribution < 1.29 is 14.6 Å². The Morgan fingerprint density at radius 3 is 2.33 bits per heavy atom. The second-order valence-electron chi connectivity index (χ2n) is 7.87. The van der Waals surface area contributed by atoms with Crippen LogP contribution in [-0.4, -0.2) is 79.8 Å². The van der Waals surface area contributed by atoms with Gasteiger partial charge in [0.05, 0.1) is 19.8 Å². The number of nitrogens with zero attached hydrogens (tertiary/aromatic N) is 2. The summed E-state index contributed by atoms with van der Waals surface area (Å²) in [4.78, 5) is 16.7. The Morgan fingerprint density at radius 1 is 1.00 bits per heavy atom. The molecule has 1 fully saturated rings. The van der Waals surface area contributed by atoms with E-state index in [0.29, 0.717) is 26.1 Å². The van der Waals surface area contributed by atoms with Crippen molar-refractivity contribution in [2.45, 2.75) is 18.9 Å². The zero-order valence-electron chi connectivity index (χ0n) is 17.8. The molecule has 0 aliphatic carbocycles. The number of piperazine rings is 1. The van der Waals surface area contributed by atoms with E-state index in [2.05, 4.69) is 27.2 Å². The number of aliphatic hydroxyl groups is 1. The van der Waals surface area contributed by atoms with Gasteiger partial charge in [-0.1, -0.05) is 42.5 Å². The number of hydrogen-bond acceptors (Lipinski definition) is 5. The zero-order chi connectivity index (χ0) is 21.2. The van der Waals surface area contributed by atoms with E-state index in [1.54, 1.807) is 7.11 Å². The maximum atomic E-state index is 12.2. The summed E-state index contributed by atoms with van der Waals surface area (Å²) in [7, 11) is 1.65. The van der Waals surface area contributed by atoms with E-state index < -0.39 is 6.10 Å². The third kappa shape index (κ3) is 7.44. The normalized spacial score (nSPS) is 16.2. The molecule has 2 N–H and O–H groups in total. The quantitative estimate of drug-likeness (QED) is 0.621. The minimum absolute atomic E-state index is 0.0823. The van der Waals surface area contributed by atoms with Crippen LogP contribution in [0.25, 0.3) is 0 Å². The Kier molecular flexibility index (Phi) is 8.68. The molecule has 2 aromatic rings. The fourth-order valence-electron chi connectivity index (χ4n) is 3.78. The van der Waals surface area contributed by atoms with E-state index in [0.717, 1.165) is 43.9 Å². The van der Waals surface area contributed by atoms with E-state index in [1.165, 1.54) is 5.56 Å². The number of nitrogens with one attached hydrogen (secondary N) is 1. The fourth-order valence-corrected chi connectivity index (χ4v) is 3.78. The first-order valence-electron chi connectivity index (χ1n) is 10.7. The molecular formula is C24H33N3O3. The third-order valence-electron chi connectivity index (χ3n) is 5.51. The van der Waals surface area contributed by atoms with Crippen LogP contribution in [0.2, 0.25) is 0 Å². The summed E-state index contributed by atoms with van der Waals surface area (Å²) in [6, 6.07) is 18.0. The van der Waals surface area contributed by atoms with Gasteiger partial charge in [-0.05, 0) is 36.1 Å². The number of carbonyl (C=O) groups is 1. The Labute approximate surface area is 179 Å². The zero-order valence-corrected chi connectivity index (χ0v) is 17.8. The van der Waals surface area contributed by atoms with Crippen LogP contribution in [0.15, 0.2) is 54.6 Å². The van der Waals surface area contributed by atoms with Crippen LogP contribution in [0.5, 0.6) is 5.75 Å². The first-order chi connectivity index (χ1) is 14.6. The van der Waals surface area contributed by atoms with Crippen LogP contribution in [0.1, 0.15) is 11.1 Å². The molecule has 1 amide bonds. The van der Waals surface area contributed by atoms with Crippen LogP contribution >= 0.6 is 0 Å². The van der Waals surface area contributed by atoms with Gasteiger partial charge >= 0.3 is 0 Å². The number of β-amino-alcohol motifs (C(OH)–C–C–N with tert-alkyl or cyclic N) is 1. The lowest BCUT2D eigenvalue weighted by atomic mass is 10.1. The highest BCUT2D eigenvalue weighted by molar-refractivity contribution is 5.78. The third-order valence-corrected chi connectivity index (χ3v) is 5.51. The minimum Gasteiger partial charge on any atom is -0.497 e. The molecule has 6 nitrogen and oxygen atoms in total. The van der Waals surface area contributed by atoms with Crippen LogP contribution < -0.4 is 10.1 Å². The van der Waals surface area contributed by atoms with Crippen LogP contribution in [0.4, 0.5) is 0 Å². The van der Waals surface area contributed by atoms with Gasteiger partial charge < -0.3 is 15.2 Å². The second kappa shape index (κ2) is 11.7. The number of amides is 1. The van der Waals surface area contributed by atoms with Crippen molar-refractivity contribution >= 4 is 5.91 Å². The summed E-state index contributed by atoms with van der Waals surface area (Å²) in [5.74, 6) is 0.910. The highest BCUT2D eigenvalue weighted by Gasteiger charge is 2.20. The number of ether oxygens (including phenoxy) is 1. The van der Waals surface area contributed by atoms with E-state index >= 15 is 0 Å². The van der Waals surface area contributed by atoms with E-state index in [4.69, 9.17) is 4.74 Å². The van der Waals surface area contributed by atoms with Crippen LogP contribution in [0, 0.1) is 0 Å². The summed E-state index contributed by atoms with van der Waals surface area (Å²) in [6.07, 6.45) is 1.09. The van der Waals surface area contributed by atoms with Crippen molar-refractivity contribution in [3.05, 3.63) is 65.7 Å². The molecule has 0 spiro atoms. The smallest absolute Gasteiger partial charge is 0.234 e. The van der Waals surface area contributed by atoms with Crippen molar-refractivity contribution in [3.63, 3.8) is 0 Å². The highest BCUT2D eigenvalue weighted by atomic mass is 16.5. The van der Waals surface area contributed by atoms with Crippen molar-refractivity contribution in [3.8, 4) is 5.75 Å². The van der Waals surface area contributed by atoms with Crippen molar-refractivity contribution in [2.24, 2.45) is 0 Å². The molecule has 1 aliphatic heterocycles. The van der Waals surface area contributed by atoms with Gasteiger partial charge in [-0.15, -0.1) is 0 Å². The lowest BCUT2D eigenvalue weighted by molar-refractivity contribution is -0.122. The van der Waals surface area contributed by atoms with Crippen molar-refractivity contribution in [1.29, 1.82) is 0 Å². The molecule has 6 heteroatoms. The molecule has 1 unspecified atom stereocenters. The predicted octanol–water partition coefficient (Wildman–Crippen LogP) is 1.58. The molecule has 0 saturated carbocycles. The minimum atomic E-state index is -0.397. The molecule has 0 bridgehead atoms. The summed E-state index contributed by atoms with van der Waals surface area (Å²) < 4.78 is 5.17. The number of methoxy groups -OCH3 is 1.